The number of fused-ring (bicyclic) bond motifs is 1. The number of amides is 4. The molecule has 13 nitrogen and oxygen atoms in total. The van der Waals surface area contributed by atoms with Gasteiger partial charge in [0.2, 0.25) is 17.5 Å². The number of benzene rings is 2. The molecule has 0 radical (unpaired) electrons. The van der Waals surface area contributed by atoms with E-state index in [1.165, 1.54) is 11.8 Å². The number of rotatable bonds is 7. The van der Waals surface area contributed by atoms with Gasteiger partial charge in [-0.15, -0.1) is 0 Å². The molecule has 0 saturated carbocycles. The molecular formula is C42H45ClFN9O4. The Labute approximate surface area is 336 Å². The van der Waals surface area contributed by atoms with Gasteiger partial charge in [0, 0.05) is 94.7 Å². The Morgan fingerprint density at radius 1 is 0.930 bits per heavy atom. The van der Waals surface area contributed by atoms with Crippen molar-refractivity contribution < 1.29 is 23.6 Å². The number of hydrogen-bond donors (Lipinski definition) is 1. The molecule has 15 heteroatoms. The third-order valence-corrected chi connectivity index (χ3v) is 13.5. The predicted molar refractivity (Wildman–Crippen MR) is 213 cm³/mol. The molecule has 1 aromatic heterocycles. The van der Waals surface area contributed by atoms with Gasteiger partial charge < -0.3 is 14.7 Å². The maximum absolute atomic E-state index is 15.4. The number of piperidine rings is 2. The Hall–Kier alpha value is -5.10. The highest BCUT2D eigenvalue weighted by molar-refractivity contribution is 6.33. The summed E-state index contributed by atoms with van der Waals surface area (Å²) in [7, 11) is 0. The first-order chi connectivity index (χ1) is 27.5. The van der Waals surface area contributed by atoms with Gasteiger partial charge in [-0.3, -0.25) is 44.2 Å². The van der Waals surface area contributed by atoms with Crippen molar-refractivity contribution in [1.82, 2.24) is 25.0 Å². The fourth-order valence-corrected chi connectivity index (χ4v) is 10.1. The summed E-state index contributed by atoms with van der Waals surface area (Å²) in [6.07, 6.45) is 5.50. The van der Waals surface area contributed by atoms with Crippen LogP contribution in [-0.2, 0) is 16.1 Å². The number of imide groups is 2. The van der Waals surface area contributed by atoms with Gasteiger partial charge in [-0.25, -0.2) is 9.24 Å². The molecule has 7 heterocycles. The number of carbonyl (C=O) groups excluding carboxylic acids is 4. The number of piperazine rings is 1. The first-order valence-corrected chi connectivity index (χ1v) is 20.3. The first kappa shape index (κ1) is 37.5. The van der Waals surface area contributed by atoms with Crippen LogP contribution in [0.25, 0.3) is 4.85 Å². The summed E-state index contributed by atoms with van der Waals surface area (Å²) in [6.45, 7) is 18.2. The summed E-state index contributed by atoms with van der Waals surface area (Å²) in [4.78, 5) is 71.3. The molecule has 0 aliphatic carbocycles. The van der Waals surface area contributed by atoms with E-state index >= 15 is 4.39 Å². The molecule has 2 atom stereocenters. The van der Waals surface area contributed by atoms with E-state index < -0.39 is 35.5 Å². The van der Waals surface area contributed by atoms with Crippen LogP contribution in [0.2, 0.25) is 5.02 Å². The van der Waals surface area contributed by atoms with Gasteiger partial charge in [0.1, 0.15) is 11.9 Å². The number of halogens is 2. The van der Waals surface area contributed by atoms with Crippen molar-refractivity contribution in [1.29, 1.82) is 0 Å². The molecule has 5 saturated heterocycles. The average Bonchev–Trinajstić information content (AvgIpc) is 3.63. The van der Waals surface area contributed by atoms with E-state index in [0.29, 0.717) is 29.8 Å². The van der Waals surface area contributed by atoms with Gasteiger partial charge in [0.25, 0.3) is 11.8 Å². The van der Waals surface area contributed by atoms with Crippen LogP contribution in [0.5, 0.6) is 0 Å². The Balaban J connectivity index is 0.735. The summed E-state index contributed by atoms with van der Waals surface area (Å²) >= 11 is 6.38. The minimum atomic E-state index is -1.09. The number of hydrogen-bond acceptors (Lipinski definition) is 10. The topological polar surface area (TPSA) is 117 Å². The molecule has 6 aliphatic rings. The van der Waals surface area contributed by atoms with Gasteiger partial charge in [-0.2, -0.15) is 0 Å². The molecule has 1 N–H and O–H groups in total. The maximum atomic E-state index is 15.4. The number of aromatic nitrogens is 1. The molecule has 2 aromatic carbocycles. The lowest BCUT2D eigenvalue weighted by molar-refractivity contribution is -0.136. The van der Waals surface area contributed by atoms with Crippen molar-refractivity contribution in [2.45, 2.75) is 63.7 Å². The predicted octanol–water partition coefficient (Wildman–Crippen LogP) is 4.72. The van der Waals surface area contributed by atoms with E-state index in [-0.39, 0.29) is 41.1 Å². The summed E-state index contributed by atoms with van der Waals surface area (Å²) in [5.74, 6) is -3.06. The van der Waals surface area contributed by atoms with E-state index in [9.17, 15) is 19.2 Å². The lowest BCUT2D eigenvalue weighted by Crippen LogP contribution is -2.63. The molecule has 57 heavy (non-hydrogen) atoms. The number of carbonyl (C=O) groups is 4. The van der Waals surface area contributed by atoms with Crippen molar-refractivity contribution in [2.75, 3.05) is 73.6 Å². The van der Waals surface area contributed by atoms with Crippen molar-refractivity contribution in [3.05, 3.63) is 87.7 Å². The summed E-state index contributed by atoms with van der Waals surface area (Å²) in [5.41, 5.74) is 4.40. The number of anilines is 3. The Morgan fingerprint density at radius 3 is 2.32 bits per heavy atom. The summed E-state index contributed by atoms with van der Waals surface area (Å²) in [6, 6.07) is 12.3. The molecule has 296 valence electrons. The summed E-state index contributed by atoms with van der Waals surface area (Å²) in [5, 5.41) is 2.70. The highest BCUT2D eigenvalue weighted by atomic mass is 35.5. The van der Waals surface area contributed by atoms with E-state index in [0.717, 1.165) is 94.0 Å². The standard InChI is InChI=1S/C42H45ClFN9O4/c1-26-20-42(25-52(26)28-5-6-35(45-2)33(43)17-28)9-11-49(12-10-42)29-4-3-27(46-21-29)22-48-13-15-50(16-14-48)30-23-51(24-30)37-19-32-31(18-34(37)44)40(56)53(41(32)57)36-7-8-38(54)47-39(36)55/h3-6,17-19,21,26,30,36H,7-16,20,22-25H2,1H3,(H,47,54,55)/t26-,36?/m0/s1. The fourth-order valence-electron chi connectivity index (χ4n) is 9.85. The zero-order valence-corrected chi connectivity index (χ0v) is 32.7. The molecule has 6 aliphatic heterocycles. The highest BCUT2D eigenvalue weighted by Gasteiger charge is 2.47. The van der Waals surface area contributed by atoms with Crippen molar-refractivity contribution in [3.63, 3.8) is 0 Å². The highest BCUT2D eigenvalue weighted by Crippen LogP contribution is 2.46. The minimum absolute atomic E-state index is 0.0263. The molecule has 9 rings (SSSR count). The van der Waals surface area contributed by atoms with Crippen LogP contribution < -0.4 is 20.0 Å². The molecule has 0 bridgehead atoms. The van der Waals surface area contributed by atoms with E-state index in [1.54, 1.807) is 0 Å². The van der Waals surface area contributed by atoms with Crippen LogP contribution in [0.15, 0.2) is 48.7 Å². The molecule has 1 unspecified atom stereocenters. The fraction of sp³-hybridized carbons (Fsp3) is 0.476. The average molecular weight is 794 g/mol. The van der Waals surface area contributed by atoms with Crippen molar-refractivity contribution in [2.24, 2.45) is 5.41 Å². The molecule has 4 amide bonds. The minimum Gasteiger partial charge on any atom is -0.370 e. The van der Waals surface area contributed by atoms with E-state index in [2.05, 4.69) is 48.8 Å². The van der Waals surface area contributed by atoms with Crippen LogP contribution in [0.3, 0.4) is 0 Å². The van der Waals surface area contributed by atoms with E-state index in [1.807, 2.05) is 29.3 Å². The molecule has 5 fully saturated rings. The van der Waals surface area contributed by atoms with Crippen LogP contribution in [0, 0.1) is 17.8 Å². The smallest absolute Gasteiger partial charge is 0.262 e. The Kier molecular flexibility index (Phi) is 9.66. The van der Waals surface area contributed by atoms with Crippen LogP contribution in [0.4, 0.5) is 27.1 Å². The number of nitrogens with one attached hydrogen (secondary N) is 1. The second-order valence-electron chi connectivity index (χ2n) is 16.6. The van der Waals surface area contributed by atoms with Gasteiger partial charge in [0.05, 0.1) is 41.0 Å². The zero-order valence-electron chi connectivity index (χ0n) is 31.9. The maximum Gasteiger partial charge on any atom is 0.262 e. The second-order valence-corrected chi connectivity index (χ2v) is 17.0. The third-order valence-electron chi connectivity index (χ3n) is 13.2. The molecule has 3 aromatic rings. The molecule has 1 spiro atoms. The summed E-state index contributed by atoms with van der Waals surface area (Å²) < 4.78 is 15.4. The SMILES string of the molecule is [C-]#[N+]c1ccc(N2CC3(CCN(c4ccc(CN5CCN(C6CN(c7cc8c(cc7F)C(=O)N(C7CCC(=O)NC7=O)C8=O)C6)CC5)nc4)CC3)C[C@@H]2C)cc1Cl. The normalized spacial score (nSPS) is 24.2. The van der Waals surface area contributed by atoms with Crippen molar-refractivity contribution >= 4 is 58.0 Å². The lowest BCUT2D eigenvalue weighted by atomic mass is 9.76. The number of pyridine rings is 1. The van der Waals surface area contributed by atoms with Crippen LogP contribution in [0.1, 0.15) is 65.4 Å². The Bertz CT molecular complexity index is 2170. The zero-order chi connectivity index (χ0) is 39.6. The monoisotopic (exact) mass is 793 g/mol. The van der Waals surface area contributed by atoms with Crippen LogP contribution in [-0.4, -0.2) is 120 Å². The second kappa shape index (κ2) is 14.7. The third kappa shape index (κ3) is 6.89. The molecular weight excluding hydrogens is 749 g/mol. The first-order valence-electron chi connectivity index (χ1n) is 19.9. The van der Waals surface area contributed by atoms with Gasteiger partial charge in [0.15, 0.2) is 0 Å². The quantitative estimate of drug-likeness (QED) is 0.266. The lowest BCUT2D eigenvalue weighted by Gasteiger charge is -2.49. The number of nitrogens with zero attached hydrogens (tertiary/aromatic N) is 8. The van der Waals surface area contributed by atoms with E-state index in [4.69, 9.17) is 23.2 Å². The van der Waals surface area contributed by atoms with Crippen molar-refractivity contribution in [3.8, 4) is 0 Å². The Morgan fingerprint density at radius 2 is 1.65 bits per heavy atom. The van der Waals surface area contributed by atoms with Gasteiger partial charge in [-0.1, -0.05) is 17.7 Å². The van der Waals surface area contributed by atoms with Gasteiger partial charge in [-0.05, 0) is 74.4 Å². The van der Waals surface area contributed by atoms with Crippen LogP contribution >= 0.6 is 11.6 Å². The van der Waals surface area contributed by atoms with Gasteiger partial charge >= 0.3 is 0 Å². The largest absolute Gasteiger partial charge is 0.370 e.